The van der Waals surface area contributed by atoms with Crippen molar-refractivity contribution in [2.75, 3.05) is 27.3 Å². The van der Waals surface area contributed by atoms with Gasteiger partial charge in [0.15, 0.2) is 11.2 Å². The van der Waals surface area contributed by atoms with Crippen LogP contribution in [0.4, 0.5) is 5.95 Å². The number of esters is 1. The van der Waals surface area contributed by atoms with Gasteiger partial charge in [-0.1, -0.05) is 36.4 Å². The predicted octanol–water partition coefficient (Wildman–Crippen LogP) is 3.60. The molecule has 224 valence electrons. The third-order valence-corrected chi connectivity index (χ3v) is 7.28. The van der Waals surface area contributed by atoms with Crippen LogP contribution in [0.1, 0.15) is 20.8 Å². The van der Waals surface area contributed by atoms with Gasteiger partial charge in [0.25, 0.3) is 5.56 Å². The van der Waals surface area contributed by atoms with Crippen molar-refractivity contribution >= 4 is 47.9 Å². The van der Waals surface area contributed by atoms with Crippen molar-refractivity contribution in [3.63, 3.8) is 0 Å². The molecule has 0 aliphatic carbocycles. The summed E-state index contributed by atoms with van der Waals surface area (Å²) in [5, 5.41) is 4.28. The second-order valence-corrected chi connectivity index (χ2v) is 11.5. The van der Waals surface area contributed by atoms with Crippen molar-refractivity contribution in [2.24, 2.45) is 4.99 Å². The summed E-state index contributed by atoms with van der Waals surface area (Å²) in [6.45, 7) is 4.77. The summed E-state index contributed by atoms with van der Waals surface area (Å²) in [7, 11) is -0.512. The molecule has 4 aromatic rings. The number of nitrogens with one attached hydrogen (secondary N) is 2. The number of nitrogens with zero attached hydrogens (tertiary/aromatic N) is 5. The summed E-state index contributed by atoms with van der Waals surface area (Å²) in [4.78, 5) is 41.6. The van der Waals surface area contributed by atoms with E-state index in [4.69, 9.17) is 18.5 Å². The van der Waals surface area contributed by atoms with Gasteiger partial charge in [-0.25, -0.2) is 14.5 Å². The van der Waals surface area contributed by atoms with E-state index in [0.29, 0.717) is 5.75 Å². The smallest absolute Gasteiger partial charge is 0.459 e. The van der Waals surface area contributed by atoms with Crippen LogP contribution in [-0.2, 0) is 30.1 Å². The highest BCUT2D eigenvalue weighted by Gasteiger charge is 2.33. The zero-order valence-electron chi connectivity index (χ0n) is 24.0. The molecule has 0 fully saturated rings. The van der Waals surface area contributed by atoms with E-state index < -0.39 is 25.3 Å². The van der Waals surface area contributed by atoms with E-state index in [1.54, 1.807) is 45.0 Å². The lowest BCUT2D eigenvalue weighted by Gasteiger charge is -2.24. The van der Waals surface area contributed by atoms with E-state index in [-0.39, 0.29) is 43.2 Å². The van der Waals surface area contributed by atoms with Crippen molar-refractivity contribution in [1.29, 1.82) is 0 Å². The minimum Gasteiger partial charge on any atom is -0.462 e. The maximum atomic E-state index is 13.9. The van der Waals surface area contributed by atoms with E-state index in [9.17, 15) is 14.2 Å². The molecule has 2 atom stereocenters. The molecule has 4 rings (SSSR count). The molecule has 15 heteroatoms. The number of H-pyrrole nitrogens is 1. The lowest BCUT2D eigenvalue weighted by atomic mass is 10.1. The van der Waals surface area contributed by atoms with E-state index >= 15 is 0 Å². The van der Waals surface area contributed by atoms with Gasteiger partial charge in [-0.05, 0) is 32.2 Å². The van der Waals surface area contributed by atoms with Crippen LogP contribution in [0.25, 0.3) is 21.9 Å². The van der Waals surface area contributed by atoms with Gasteiger partial charge in [-0.3, -0.25) is 23.7 Å². The number of carbonyl (C=O) groups is 1. The molecule has 0 saturated heterocycles. The quantitative estimate of drug-likeness (QED) is 0.0716. The summed E-state index contributed by atoms with van der Waals surface area (Å²) in [6, 6.07) is 11.8. The van der Waals surface area contributed by atoms with Crippen molar-refractivity contribution < 1.29 is 27.9 Å². The number of rotatable bonds is 14. The van der Waals surface area contributed by atoms with E-state index in [1.165, 1.54) is 24.2 Å². The van der Waals surface area contributed by atoms with Crippen LogP contribution >= 0.6 is 7.75 Å². The van der Waals surface area contributed by atoms with Crippen LogP contribution in [0.5, 0.6) is 5.75 Å². The molecule has 2 N–H and O–H groups in total. The first-order valence-electron chi connectivity index (χ1n) is 13.2. The Kier molecular flexibility index (Phi) is 10.1. The Labute approximate surface area is 242 Å². The van der Waals surface area contributed by atoms with Crippen LogP contribution < -0.4 is 15.2 Å². The number of imidazole rings is 1. The Balaban J connectivity index is 1.44. The Morgan fingerprint density at radius 3 is 2.69 bits per heavy atom. The molecule has 0 spiro atoms. The second-order valence-electron chi connectivity index (χ2n) is 9.76. The number of hydrogen-bond donors (Lipinski definition) is 2. The first kappa shape index (κ1) is 30.8. The number of benzene rings is 2. The summed E-state index contributed by atoms with van der Waals surface area (Å²) in [6.07, 6.45) is 2.58. The maximum Gasteiger partial charge on any atom is 0.459 e. The monoisotopic (exact) mass is 599 g/mol. The molecule has 0 aliphatic rings. The first-order chi connectivity index (χ1) is 20.0. The summed E-state index contributed by atoms with van der Waals surface area (Å²) < 4.78 is 37.9. The molecule has 0 bridgehead atoms. The largest absolute Gasteiger partial charge is 0.462 e. The zero-order valence-corrected chi connectivity index (χ0v) is 24.9. The summed E-state index contributed by atoms with van der Waals surface area (Å²) >= 11 is 0. The molecule has 0 aliphatic heterocycles. The van der Waals surface area contributed by atoms with Crippen LogP contribution in [0, 0.1) is 0 Å². The Morgan fingerprint density at radius 1 is 1.17 bits per heavy atom. The Hall–Kier alpha value is -4.10. The molecule has 0 saturated carbocycles. The van der Waals surface area contributed by atoms with Crippen molar-refractivity contribution in [3.8, 4) is 5.75 Å². The van der Waals surface area contributed by atoms with Gasteiger partial charge in [-0.15, -0.1) is 0 Å². The van der Waals surface area contributed by atoms with Crippen molar-refractivity contribution in [2.45, 2.75) is 39.6 Å². The first-order valence-corrected chi connectivity index (χ1v) is 14.7. The lowest BCUT2D eigenvalue weighted by Crippen LogP contribution is -2.36. The molecule has 2 aromatic heterocycles. The fraction of sp³-hybridized carbons (Fsp3) is 0.370. The molecule has 2 aromatic carbocycles. The SMILES string of the molecule is CC(C)OC(=O)[C@H](C)NP(=O)(OCCOCn1cnc2c(=O)[nH]c(/N=C/N(C)C)nc21)Oc1cccc2ccccc12. The molecule has 42 heavy (non-hydrogen) atoms. The van der Waals surface area contributed by atoms with E-state index in [1.807, 2.05) is 30.3 Å². The molecule has 2 heterocycles. The van der Waals surface area contributed by atoms with Crippen LogP contribution in [0.15, 0.2) is 58.6 Å². The van der Waals surface area contributed by atoms with Gasteiger partial charge >= 0.3 is 13.7 Å². The standard InChI is InChI=1S/C27H34N7O7P/c1-18(2)40-26(36)19(3)32-42(37,41-22-12-8-10-20-9-6-7-11-21(20)22)39-14-13-38-17-34-16-28-23-24(34)30-27(31-25(23)35)29-15-33(4)5/h6-12,15-16,18-19H,13-14,17H2,1-5H3,(H,32,37)(H,30,31,35)/b29-15+/t19-,42?/m0/s1. The van der Waals surface area contributed by atoms with Gasteiger partial charge in [0.1, 0.15) is 18.5 Å². The van der Waals surface area contributed by atoms with E-state index in [2.05, 4.69) is 25.0 Å². The Bertz CT molecular complexity index is 1660. The molecule has 0 radical (unpaired) electrons. The van der Waals surface area contributed by atoms with Crippen LogP contribution in [-0.4, -0.2) is 76.2 Å². The summed E-state index contributed by atoms with van der Waals surface area (Å²) in [5.41, 5.74) is -0.0106. The lowest BCUT2D eigenvalue weighted by molar-refractivity contribution is -0.149. The minimum absolute atomic E-state index is 0.0100. The van der Waals surface area contributed by atoms with Gasteiger partial charge < -0.3 is 18.9 Å². The van der Waals surface area contributed by atoms with Crippen LogP contribution in [0.3, 0.4) is 0 Å². The second kappa shape index (κ2) is 13.7. The summed E-state index contributed by atoms with van der Waals surface area (Å²) in [5.74, 6) is -0.160. The highest BCUT2D eigenvalue weighted by atomic mass is 31.2. The topological polar surface area (TPSA) is 162 Å². The minimum atomic E-state index is -4.10. The number of aliphatic imine (C=N–C) groups is 1. The average molecular weight is 600 g/mol. The highest BCUT2D eigenvalue weighted by molar-refractivity contribution is 7.52. The predicted molar refractivity (Wildman–Crippen MR) is 158 cm³/mol. The van der Waals surface area contributed by atoms with Gasteiger partial charge in [0, 0.05) is 19.5 Å². The number of hydrogen-bond acceptors (Lipinski definition) is 10. The van der Waals surface area contributed by atoms with Gasteiger partial charge in [0.2, 0.25) is 5.95 Å². The van der Waals surface area contributed by atoms with E-state index in [0.717, 1.165) is 10.8 Å². The number of ether oxygens (including phenoxy) is 2. The zero-order chi connectivity index (χ0) is 30.3. The number of fused-ring (bicyclic) bond motifs is 2. The van der Waals surface area contributed by atoms with Crippen LogP contribution in [0.2, 0.25) is 0 Å². The third-order valence-electron chi connectivity index (χ3n) is 5.62. The molecule has 0 amide bonds. The molecule has 1 unspecified atom stereocenters. The van der Waals surface area contributed by atoms with Crippen molar-refractivity contribution in [3.05, 3.63) is 59.1 Å². The van der Waals surface area contributed by atoms with Gasteiger partial charge in [-0.2, -0.15) is 10.1 Å². The molecular weight excluding hydrogens is 565 g/mol. The highest BCUT2D eigenvalue weighted by Crippen LogP contribution is 2.46. The molecular formula is C27H34N7O7P. The average Bonchev–Trinajstić information content (AvgIpc) is 3.35. The number of aromatic nitrogens is 4. The van der Waals surface area contributed by atoms with Crippen molar-refractivity contribution in [1.82, 2.24) is 29.5 Å². The molecule has 14 nitrogen and oxygen atoms in total. The fourth-order valence-electron chi connectivity index (χ4n) is 3.77. The Morgan fingerprint density at radius 2 is 1.93 bits per heavy atom. The van der Waals surface area contributed by atoms with Gasteiger partial charge in [0.05, 0.1) is 32.0 Å². The third kappa shape index (κ3) is 8.01. The number of carbonyl (C=O) groups excluding carboxylic acids is 1. The normalized spacial score (nSPS) is 14.0. The maximum absolute atomic E-state index is 13.9. The number of aromatic amines is 1. The fourth-order valence-corrected chi connectivity index (χ4v) is 5.26.